The molecule has 0 bridgehead atoms. The molecular formula is C16H22N4O2. The van der Waals surface area contributed by atoms with Gasteiger partial charge in [-0.15, -0.1) is 0 Å². The number of hydrogen-bond donors (Lipinski definition) is 0. The highest BCUT2D eigenvalue weighted by Crippen LogP contribution is 2.22. The van der Waals surface area contributed by atoms with Gasteiger partial charge in [0.15, 0.2) is 11.5 Å². The molecule has 0 radical (unpaired) electrons. The van der Waals surface area contributed by atoms with Crippen LogP contribution in [0.3, 0.4) is 0 Å². The number of aromatic nitrogens is 2. The number of nitrogens with zero attached hydrogens (tertiary/aromatic N) is 4. The van der Waals surface area contributed by atoms with Crippen molar-refractivity contribution >= 4 is 5.82 Å². The summed E-state index contributed by atoms with van der Waals surface area (Å²) in [6.07, 6.45) is 9.19. The van der Waals surface area contributed by atoms with Crippen LogP contribution < -0.4 is 4.90 Å². The molecule has 0 aromatic carbocycles. The van der Waals surface area contributed by atoms with Crippen molar-refractivity contribution in [2.45, 2.75) is 44.3 Å². The van der Waals surface area contributed by atoms with Gasteiger partial charge in [0.25, 0.3) is 0 Å². The van der Waals surface area contributed by atoms with E-state index >= 15 is 0 Å². The highest BCUT2D eigenvalue weighted by molar-refractivity contribution is 5.49. The van der Waals surface area contributed by atoms with Crippen molar-refractivity contribution in [2.24, 2.45) is 0 Å². The third kappa shape index (κ3) is 3.73. The maximum Gasteiger partial charge on any atom is 0.183 e. The summed E-state index contributed by atoms with van der Waals surface area (Å²) in [5.74, 6) is 0.694. The minimum absolute atomic E-state index is 0.275. The molecule has 1 aromatic heterocycles. The molecule has 0 N–H and O–H groups in total. The van der Waals surface area contributed by atoms with Gasteiger partial charge in [0, 0.05) is 32.1 Å². The van der Waals surface area contributed by atoms with Crippen LogP contribution in [0.1, 0.15) is 37.8 Å². The van der Waals surface area contributed by atoms with E-state index in [1.54, 1.807) is 12.4 Å². The quantitative estimate of drug-likeness (QED) is 0.846. The summed E-state index contributed by atoms with van der Waals surface area (Å²) >= 11 is 0. The van der Waals surface area contributed by atoms with Crippen LogP contribution in [0.5, 0.6) is 0 Å². The lowest BCUT2D eigenvalue weighted by atomic mass is 10.1. The lowest BCUT2D eigenvalue weighted by Crippen LogP contribution is -2.39. The van der Waals surface area contributed by atoms with Crippen LogP contribution in [0, 0.1) is 11.3 Å². The summed E-state index contributed by atoms with van der Waals surface area (Å²) in [7, 11) is 0. The minimum Gasteiger partial charge on any atom is -0.376 e. The Morgan fingerprint density at radius 3 is 2.77 bits per heavy atom. The summed E-state index contributed by atoms with van der Waals surface area (Å²) in [5.41, 5.74) is 0.400. The molecule has 2 saturated heterocycles. The van der Waals surface area contributed by atoms with E-state index < -0.39 is 0 Å². The van der Waals surface area contributed by atoms with Crippen LogP contribution in [-0.2, 0) is 9.47 Å². The second-order valence-electron chi connectivity index (χ2n) is 5.85. The first kappa shape index (κ1) is 15.2. The summed E-state index contributed by atoms with van der Waals surface area (Å²) < 4.78 is 11.7. The van der Waals surface area contributed by atoms with Crippen molar-refractivity contribution in [1.29, 1.82) is 5.26 Å². The van der Waals surface area contributed by atoms with Crippen molar-refractivity contribution < 1.29 is 9.47 Å². The van der Waals surface area contributed by atoms with Crippen molar-refractivity contribution in [1.82, 2.24) is 9.97 Å². The first-order chi connectivity index (χ1) is 10.9. The molecule has 0 amide bonds. The number of anilines is 1. The Morgan fingerprint density at radius 1 is 1.23 bits per heavy atom. The van der Waals surface area contributed by atoms with Crippen LogP contribution in [0.4, 0.5) is 5.82 Å². The average Bonchev–Trinajstić information content (AvgIpc) is 2.61. The Morgan fingerprint density at radius 2 is 2.05 bits per heavy atom. The first-order valence-electron chi connectivity index (χ1n) is 8.06. The molecule has 3 heterocycles. The molecule has 6 nitrogen and oxygen atoms in total. The van der Waals surface area contributed by atoms with Crippen LogP contribution in [-0.4, -0.2) is 48.5 Å². The van der Waals surface area contributed by atoms with E-state index in [0.29, 0.717) is 18.1 Å². The standard InChI is InChI=1S/C16H22N4O2/c17-11-15-16(19-7-6-18-15)20-8-4-13(5-9-20)22-12-14-3-1-2-10-21-14/h6-7,13-14H,1-5,8-10,12H2/t14-/m0/s1. The number of hydrogen-bond acceptors (Lipinski definition) is 6. The fourth-order valence-corrected chi connectivity index (χ4v) is 3.06. The van der Waals surface area contributed by atoms with Gasteiger partial charge in [-0.1, -0.05) is 0 Å². The molecule has 0 unspecified atom stereocenters. The molecule has 0 spiro atoms. The fourth-order valence-electron chi connectivity index (χ4n) is 3.06. The zero-order valence-electron chi connectivity index (χ0n) is 12.8. The number of rotatable bonds is 4. The highest BCUT2D eigenvalue weighted by Gasteiger charge is 2.24. The number of piperidine rings is 1. The van der Waals surface area contributed by atoms with Crippen LogP contribution in [0.15, 0.2) is 12.4 Å². The predicted molar refractivity (Wildman–Crippen MR) is 81.5 cm³/mol. The van der Waals surface area contributed by atoms with Gasteiger partial charge in [0.1, 0.15) is 6.07 Å². The van der Waals surface area contributed by atoms with Crippen LogP contribution in [0.2, 0.25) is 0 Å². The molecule has 3 rings (SSSR count). The number of nitriles is 1. The largest absolute Gasteiger partial charge is 0.376 e. The molecular weight excluding hydrogens is 280 g/mol. The zero-order chi connectivity index (χ0) is 15.2. The maximum absolute atomic E-state index is 9.11. The molecule has 2 fully saturated rings. The van der Waals surface area contributed by atoms with Gasteiger partial charge in [0.05, 0.1) is 18.8 Å². The predicted octanol–water partition coefficient (Wildman–Crippen LogP) is 1.90. The van der Waals surface area contributed by atoms with Gasteiger partial charge in [0.2, 0.25) is 0 Å². The van der Waals surface area contributed by atoms with Crippen LogP contribution >= 0.6 is 0 Å². The Kier molecular flexibility index (Phi) is 5.20. The summed E-state index contributed by atoms with van der Waals surface area (Å²) in [5, 5.41) is 9.11. The van der Waals surface area contributed by atoms with Gasteiger partial charge in [-0.05, 0) is 32.1 Å². The summed E-state index contributed by atoms with van der Waals surface area (Å²) in [6, 6.07) is 2.11. The molecule has 1 aromatic rings. The zero-order valence-corrected chi connectivity index (χ0v) is 12.8. The van der Waals surface area contributed by atoms with Gasteiger partial charge >= 0.3 is 0 Å². The SMILES string of the molecule is N#Cc1nccnc1N1CCC(OC[C@@H]2CCCCO2)CC1. The maximum atomic E-state index is 9.11. The van der Waals surface area contributed by atoms with Gasteiger partial charge in [-0.2, -0.15) is 5.26 Å². The topological polar surface area (TPSA) is 71.3 Å². The third-order valence-corrected chi connectivity index (χ3v) is 4.32. The number of ether oxygens (including phenoxy) is 2. The summed E-state index contributed by atoms with van der Waals surface area (Å²) in [6.45, 7) is 3.28. The molecule has 6 heteroatoms. The smallest absolute Gasteiger partial charge is 0.183 e. The van der Waals surface area contributed by atoms with E-state index in [0.717, 1.165) is 39.0 Å². The van der Waals surface area contributed by atoms with E-state index in [1.807, 2.05) is 0 Å². The van der Waals surface area contributed by atoms with E-state index in [1.165, 1.54) is 12.8 Å². The second kappa shape index (κ2) is 7.52. The lowest BCUT2D eigenvalue weighted by molar-refractivity contribution is -0.0672. The minimum atomic E-state index is 0.275. The van der Waals surface area contributed by atoms with Gasteiger partial charge in [-0.25, -0.2) is 9.97 Å². The Labute approximate surface area is 131 Å². The lowest BCUT2D eigenvalue weighted by Gasteiger charge is -2.33. The van der Waals surface area contributed by atoms with Crippen molar-refractivity contribution in [3.8, 4) is 6.07 Å². The van der Waals surface area contributed by atoms with E-state index in [-0.39, 0.29) is 12.2 Å². The van der Waals surface area contributed by atoms with Gasteiger partial charge < -0.3 is 14.4 Å². The van der Waals surface area contributed by atoms with Crippen molar-refractivity contribution in [3.63, 3.8) is 0 Å². The Bertz CT molecular complexity index is 517. The molecule has 2 aliphatic rings. The third-order valence-electron chi connectivity index (χ3n) is 4.32. The molecule has 0 aliphatic carbocycles. The van der Waals surface area contributed by atoms with Crippen molar-refractivity contribution in [3.05, 3.63) is 18.1 Å². The van der Waals surface area contributed by atoms with Crippen molar-refractivity contribution in [2.75, 3.05) is 31.2 Å². The Hall–Kier alpha value is -1.71. The monoisotopic (exact) mass is 302 g/mol. The molecule has 1 atom stereocenters. The first-order valence-corrected chi connectivity index (χ1v) is 8.06. The normalized spacial score (nSPS) is 23.2. The van der Waals surface area contributed by atoms with E-state index in [9.17, 15) is 0 Å². The van der Waals surface area contributed by atoms with Gasteiger partial charge in [-0.3, -0.25) is 0 Å². The Balaban J connectivity index is 1.47. The van der Waals surface area contributed by atoms with Crippen LogP contribution in [0.25, 0.3) is 0 Å². The molecule has 22 heavy (non-hydrogen) atoms. The van der Waals surface area contributed by atoms with E-state index in [4.69, 9.17) is 14.7 Å². The second-order valence-corrected chi connectivity index (χ2v) is 5.85. The highest BCUT2D eigenvalue weighted by atomic mass is 16.5. The van der Waals surface area contributed by atoms with E-state index in [2.05, 4.69) is 20.9 Å². The molecule has 0 saturated carbocycles. The molecule has 118 valence electrons. The average molecular weight is 302 g/mol. The summed E-state index contributed by atoms with van der Waals surface area (Å²) in [4.78, 5) is 10.5. The fraction of sp³-hybridized carbons (Fsp3) is 0.688. The molecule has 2 aliphatic heterocycles.